The molecule has 0 saturated carbocycles. The topological polar surface area (TPSA) is 59.4 Å². The van der Waals surface area contributed by atoms with Gasteiger partial charge in [-0.2, -0.15) is 0 Å². The summed E-state index contributed by atoms with van der Waals surface area (Å²) in [5.74, 6) is -0.260. The molecule has 5 nitrogen and oxygen atoms in total. The summed E-state index contributed by atoms with van der Waals surface area (Å²) in [4.78, 5) is 39.3. The van der Waals surface area contributed by atoms with E-state index >= 15 is 0 Å². The molecule has 5 heteroatoms. The van der Waals surface area contributed by atoms with Crippen LogP contribution >= 0.6 is 0 Å². The predicted molar refractivity (Wildman–Crippen MR) is 119 cm³/mol. The molecule has 0 atom stereocenters. The molecule has 5 rings (SSSR count). The lowest BCUT2D eigenvalue weighted by atomic mass is 9.95. The van der Waals surface area contributed by atoms with Crippen molar-refractivity contribution in [1.29, 1.82) is 0 Å². The van der Waals surface area contributed by atoms with Gasteiger partial charge in [-0.1, -0.05) is 36.8 Å². The molecule has 0 unspecified atom stereocenters. The first-order valence-electron chi connectivity index (χ1n) is 11.3. The number of hydrogen-bond donors (Lipinski definition) is 0. The van der Waals surface area contributed by atoms with Crippen molar-refractivity contribution >= 4 is 28.6 Å². The highest BCUT2D eigenvalue weighted by Crippen LogP contribution is 2.32. The van der Waals surface area contributed by atoms with Crippen molar-refractivity contribution in [2.24, 2.45) is 0 Å². The number of carbonyl (C=O) groups is 3. The summed E-state index contributed by atoms with van der Waals surface area (Å²) >= 11 is 0. The maximum Gasteiger partial charge on any atom is 0.261 e. The molecule has 1 aliphatic heterocycles. The first-order chi connectivity index (χ1) is 15.2. The first kappa shape index (κ1) is 19.7. The summed E-state index contributed by atoms with van der Waals surface area (Å²) in [6.45, 7) is 0.405. The minimum absolute atomic E-state index is 0.153. The second kappa shape index (κ2) is 8.14. The Morgan fingerprint density at radius 2 is 1.48 bits per heavy atom. The summed E-state index contributed by atoms with van der Waals surface area (Å²) in [5, 5.41) is 1.22. The van der Waals surface area contributed by atoms with E-state index < -0.39 is 0 Å². The molecule has 2 aromatic carbocycles. The van der Waals surface area contributed by atoms with E-state index in [0.29, 0.717) is 30.5 Å². The monoisotopic (exact) mass is 414 g/mol. The lowest BCUT2D eigenvalue weighted by molar-refractivity contribution is 0.0649. The average Bonchev–Trinajstić information content (AvgIpc) is 3.26. The number of aromatic nitrogens is 1. The van der Waals surface area contributed by atoms with Crippen LogP contribution in [0.2, 0.25) is 0 Å². The normalized spacial score (nSPS) is 15.4. The number of benzene rings is 2. The van der Waals surface area contributed by atoms with Crippen LogP contribution in [-0.4, -0.2) is 33.7 Å². The molecule has 0 spiro atoms. The fourth-order valence-electron chi connectivity index (χ4n) is 5.06. The van der Waals surface area contributed by atoms with E-state index in [-0.39, 0.29) is 17.7 Å². The van der Waals surface area contributed by atoms with Gasteiger partial charge in [0.15, 0.2) is 0 Å². The van der Waals surface area contributed by atoms with Crippen LogP contribution in [0.15, 0.2) is 48.5 Å². The van der Waals surface area contributed by atoms with Crippen LogP contribution in [0.3, 0.4) is 0 Å². The largest absolute Gasteiger partial charge is 0.284 e. The quantitative estimate of drug-likeness (QED) is 0.420. The number of amides is 2. The Bertz CT molecular complexity index is 1160. The van der Waals surface area contributed by atoms with Crippen molar-refractivity contribution in [3.63, 3.8) is 0 Å². The van der Waals surface area contributed by atoms with Gasteiger partial charge in [-0.3, -0.25) is 23.9 Å². The zero-order valence-corrected chi connectivity index (χ0v) is 17.6. The highest BCUT2D eigenvalue weighted by Gasteiger charge is 2.34. The number of rotatable bonds is 6. The molecule has 0 bridgehead atoms. The Morgan fingerprint density at radius 1 is 0.806 bits per heavy atom. The molecule has 158 valence electrons. The van der Waals surface area contributed by atoms with Crippen LogP contribution in [0, 0.1) is 0 Å². The molecule has 0 N–H and O–H groups in total. The van der Waals surface area contributed by atoms with E-state index in [9.17, 15) is 14.4 Å². The third kappa shape index (κ3) is 3.38. The number of aryl methyl sites for hydroxylation is 1. The number of para-hydroxylation sites is 1. The Balaban J connectivity index is 1.19. The average molecular weight is 415 g/mol. The molecule has 3 aromatic rings. The lowest BCUT2D eigenvalue weighted by Gasteiger charge is -2.15. The van der Waals surface area contributed by atoms with E-state index in [0.717, 1.165) is 37.6 Å². The zero-order chi connectivity index (χ0) is 21.4. The molecule has 31 heavy (non-hydrogen) atoms. The van der Waals surface area contributed by atoms with Crippen molar-refractivity contribution in [2.45, 2.75) is 51.4 Å². The molecular weight excluding hydrogens is 388 g/mol. The number of imide groups is 1. The highest BCUT2D eigenvalue weighted by atomic mass is 16.2. The number of nitrogens with zero attached hydrogens (tertiary/aromatic N) is 2. The molecule has 1 aliphatic carbocycles. The van der Waals surface area contributed by atoms with Gasteiger partial charge in [-0.25, -0.2) is 0 Å². The van der Waals surface area contributed by atoms with E-state index in [1.54, 1.807) is 24.3 Å². The molecule has 2 heterocycles. The number of fused-ring (bicyclic) bond motifs is 4. The lowest BCUT2D eigenvalue weighted by Crippen LogP contribution is -2.30. The van der Waals surface area contributed by atoms with Gasteiger partial charge in [0.05, 0.1) is 16.6 Å². The van der Waals surface area contributed by atoms with Gasteiger partial charge in [0.1, 0.15) is 0 Å². The van der Waals surface area contributed by atoms with Gasteiger partial charge < -0.3 is 0 Å². The van der Waals surface area contributed by atoms with Crippen molar-refractivity contribution in [3.05, 3.63) is 70.9 Å². The molecular formula is C26H26N2O3. The van der Waals surface area contributed by atoms with E-state index in [1.807, 2.05) is 22.8 Å². The third-order valence-corrected chi connectivity index (χ3v) is 6.58. The van der Waals surface area contributed by atoms with E-state index in [2.05, 4.69) is 6.07 Å². The molecule has 1 aromatic heterocycles. The fraction of sp³-hybridized carbons (Fsp3) is 0.346. The van der Waals surface area contributed by atoms with E-state index in [4.69, 9.17) is 0 Å². The number of unbranched alkanes of at least 4 members (excludes halogenated alkanes) is 2. The van der Waals surface area contributed by atoms with Gasteiger partial charge in [0, 0.05) is 24.0 Å². The van der Waals surface area contributed by atoms with Crippen LogP contribution in [-0.2, 0) is 12.8 Å². The second-order valence-electron chi connectivity index (χ2n) is 8.50. The summed E-state index contributed by atoms with van der Waals surface area (Å²) in [5.41, 5.74) is 4.56. The van der Waals surface area contributed by atoms with E-state index in [1.165, 1.54) is 28.0 Å². The van der Waals surface area contributed by atoms with Crippen LogP contribution in [0.1, 0.15) is 75.3 Å². The van der Waals surface area contributed by atoms with Gasteiger partial charge in [-0.15, -0.1) is 0 Å². The van der Waals surface area contributed by atoms with Crippen LogP contribution in [0.25, 0.3) is 10.9 Å². The zero-order valence-electron chi connectivity index (χ0n) is 17.6. The summed E-state index contributed by atoms with van der Waals surface area (Å²) < 4.78 is 1.95. The summed E-state index contributed by atoms with van der Waals surface area (Å²) in [6, 6.07) is 15.2. The molecule has 2 aliphatic rings. The van der Waals surface area contributed by atoms with Crippen molar-refractivity contribution in [1.82, 2.24) is 9.47 Å². The number of hydrogen-bond acceptors (Lipinski definition) is 3. The highest BCUT2D eigenvalue weighted by molar-refractivity contribution is 6.21. The summed E-state index contributed by atoms with van der Waals surface area (Å²) in [7, 11) is 0. The third-order valence-electron chi connectivity index (χ3n) is 6.58. The van der Waals surface area contributed by atoms with Gasteiger partial charge >= 0.3 is 0 Å². The smallest absolute Gasteiger partial charge is 0.261 e. The van der Waals surface area contributed by atoms with Crippen molar-refractivity contribution < 1.29 is 14.4 Å². The van der Waals surface area contributed by atoms with Crippen molar-refractivity contribution in [3.8, 4) is 0 Å². The van der Waals surface area contributed by atoms with Gasteiger partial charge in [0.25, 0.3) is 11.8 Å². The summed E-state index contributed by atoms with van der Waals surface area (Å²) in [6.07, 6.45) is 7.09. The molecule has 0 saturated heterocycles. The maximum atomic E-state index is 13.1. The first-order valence-corrected chi connectivity index (χ1v) is 11.3. The Kier molecular flexibility index (Phi) is 5.18. The van der Waals surface area contributed by atoms with Crippen LogP contribution in [0.4, 0.5) is 0 Å². The predicted octanol–water partition coefficient (Wildman–Crippen LogP) is 5.02. The fourth-order valence-corrected chi connectivity index (χ4v) is 5.06. The Labute approximate surface area is 181 Å². The molecule has 0 fully saturated rings. The second-order valence-corrected chi connectivity index (χ2v) is 8.50. The molecule has 2 amide bonds. The Hall–Kier alpha value is -3.21. The minimum atomic E-state index is -0.206. The van der Waals surface area contributed by atoms with Gasteiger partial charge in [-0.05, 0) is 62.3 Å². The van der Waals surface area contributed by atoms with Crippen LogP contribution < -0.4 is 0 Å². The minimum Gasteiger partial charge on any atom is -0.284 e. The van der Waals surface area contributed by atoms with Crippen molar-refractivity contribution in [2.75, 3.05) is 6.54 Å². The maximum absolute atomic E-state index is 13.1. The number of carbonyl (C=O) groups excluding carboxylic acids is 3. The van der Waals surface area contributed by atoms with Crippen LogP contribution in [0.5, 0.6) is 0 Å². The molecule has 0 radical (unpaired) electrons. The SMILES string of the molecule is O=C1c2ccccc2C(=O)N1CCCCCC(=O)n1c2c(c3ccccc31)CCCC2. The van der Waals surface area contributed by atoms with Gasteiger partial charge in [0.2, 0.25) is 5.91 Å². The standard InChI is InChI=1S/C26H26N2O3/c29-24(28-22-14-7-5-10-18(22)19-11-6-8-15-23(19)28)16-2-1-9-17-27-25(30)20-12-3-4-13-21(20)26(27)31/h3-5,7,10,12-14H,1-2,6,8-9,11,15-17H2. The Morgan fingerprint density at radius 3 is 2.26 bits per heavy atom.